The fourth-order valence-corrected chi connectivity index (χ4v) is 4.39. The average molecular weight is 361 g/mol. The minimum Gasteiger partial charge on any atom is -0.356 e. The first-order chi connectivity index (χ1) is 11.4. The van der Waals surface area contributed by atoms with Crippen molar-refractivity contribution in [2.75, 3.05) is 39.5 Å². The quantitative estimate of drug-likeness (QED) is 0.375. The van der Waals surface area contributed by atoms with Crippen molar-refractivity contribution in [1.82, 2.24) is 14.9 Å². The summed E-state index contributed by atoms with van der Waals surface area (Å²) in [5.74, 6) is 2.52. The van der Waals surface area contributed by atoms with E-state index in [2.05, 4.69) is 22.5 Å². The predicted octanol–water partition coefficient (Wildman–Crippen LogP) is 2.04. The van der Waals surface area contributed by atoms with Crippen LogP contribution >= 0.6 is 0 Å². The topological polar surface area (TPSA) is 73.8 Å². The minimum absolute atomic E-state index is 0.519. The molecule has 0 aromatic heterocycles. The molecule has 1 aliphatic carbocycles. The molecule has 0 spiro atoms. The monoisotopic (exact) mass is 360 g/mol. The first-order valence-electron chi connectivity index (χ1n) is 9.26. The Bertz CT molecular complexity index is 479. The van der Waals surface area contributed by atoms with Gasteiger partial charge in [-0.25, -0.2) is 12.7 Å². The summed E-state index contributed by atoms with van der Waals surface area (Å²) in [5.41, 5.74) is 0. The lowest BCUT2D eigenvalue weighted by atomic mass is 9.81. The van der Waals surface area contributed by atoms with Crippen LogP contribution in [0, 0.1) is 11.8 Å². The van der Waals surface area contributed by atoms with E-state index in [0.29, 0.717) is 19.6 Å². The van der Waals surface area contributed by atoms with Crippen LogP contribution in [0.5, 0.6) is 0 Å². The van der Waals surface area contributed by atoms with Crippen molar-refractivity contribution in [3.05, 3.63) is 0 Å². The van der Waals surface area contributed by atoms with E-state index in [1.54, 1.807) is 7.05 Å². The minimum atomic E-state index is -3.09. The van der Waals surface area contributed by atoms with Crippen molar-refractivity contribution >= 4 is 16.0 Å². The van der Waals surface area contributed by atoms with Gasteiger partial charge in [-0.05, 0) is 31.1 Å². The van der Waals surface area contributed by atoms with Gasteiger partial charge in [0.15, 0.2) is 5.96 Å². The highest BCUT2D eigenvalue weighted by atomic mass is 32.2. The number of guanidine groups is 1. The molecule has 0 heterocycles. The van der Waals surface area contributed by atoms with Crippen molar-refractivity contribution < 1.29 is 8.42 Å². The number of aliphatic imine (C=N–C) groups is 1. The Morgan fingerprint density at radius 3 is 2.54 bits per heavy atom. The van der Waals surface area contributed by atoms with E-state index in [1.165, 1.54) is 42.7 Å². The molecule has 7 heteroatoms. The lowest BCUT2D eigenvalue weighted by Crippen LogP contribution is -2.40. The second-order valence-electron chi connectivity index (χ2n) is 6.96. The van der Waals surface area contributed by atoms with Gasteiger partial charge in [-0.3, -0.25) is 4.99 Å². The molecule has 0 radical (unpaired) electrons. The summed E-state index contributed by atoms with van der Waals surface area (Å²) in [6.07, 6.45) is 8.69. The summed E-state index contributed by atoms with van der Waals surface area (Å²) in [5, 5.41) is 6.64. The molecule has 2 N–H and O–H groups in total. The molecule has 0 saturated heterocycles. The van der Waals surface area contributed by atoms with Gasteiger partial charge in [-0.1, -0.05) is 33.1 Å². The Hall–Kier alpha value is -0.820. The number of sulfonamides is 1. The maximum atomic E-state index is 11.5. The fraction of sp³-hybridized carbons (Fsp3) is 0.941. The summed E-state index contributed by atoms with van der Waals surface area (Å²) in [7, 11) is -1.32. The van der Waals surface area contributed by atoms with Gasteiger partial charge < -0.3 is 10.6 Å². The van der Waals surface area contributed by atoms with Crippen LogP contribution in [0.15, 0.2) is 4.99 Å². The molecule has 0 amide bonds. The smallest absolute Gasteiger partial charge is 0.211 e. The fourth-order valence-electron chi connectivity index (χ4n) is 3.46. The molecule has 2 atom stereocenters. The third-order valence-corrected chi connectivity index (χ3v) is 6.19. The molecule has 0 aromatic carbocycles. The van der Waals surface area contributed by atoms with Crippen molar-refractivity contribution in [2.24, 2.45) is 16.8 Å². The maximum absolute atomic E-state index is 11.5. The molecule has 1 fully saturated rings. The number of hydrogen-bond donors (Lipinski definition) is 2. The summed E-state index contributed by atoms with van der Waals surface area (Å²) in [4.78, 5) is 4.23. The molecule has 0 aliphatic heterocycles. The summed E-state index contributed by atoms with van der Waals surface area (Å²) >= 11 is 0. The lowest BCUT2D eigenvalue weighted by molar-refractivity contribution is 0.270. The van der Waals surface area contributed by atoms with Crippen molar-refractivity contribution in [1.29, 1.82) is 0 Å². The van der Waals surface area contributed by atoms with Crippen molar-refractivity contribution in [2.45, 2.75) is 52.4 Å². The van der Waals surface area contributed by atoms with Gasteiger partial charge in [0.2, 0.25) is 10.0 Å². The second kappa shape index (κ2) is 10.9. The number of rotatable bonds is 9. The first-order valence-corrected chi connectivity index (χ1v) is 11.1. The molecule has 142 valence electrons. The van der Waals surface area contributed by atoms with Crippen molar-refractivity contribution in [3.63, 3.8) is 0 Å². The zero-order chi connectivity index (χ0) is 18.0. The molecule has 0 bridgehead atoms. The van der Waals surface area contributed by atoms with Gasteiger partial charge in [0.05, 0.1) is 6.26 Å². The highest BCUT2D eigenvalue weighted by Gasteiger charge is 2.18. The van der Waals surface area contributed by atoms with E-state index in [9.17, 15) is 8.42 Å². The third-order valence-electron chi connectivity index (χ3n) is 4.81. The van der Waals surface area contributed by atoms with Gasteiger partial charge in [0.25, 0.3) is 0 Å². The zero-order valence-corrected chi connectivity index (χ0v) is 16.7. The summed E-state index contributed by atoms with van der Waals surface area (Å²) < 4.78 is 24.6. The van der Waals surface area contributed by atoms with Crippen molar-refractivity contribution in [3.8, 4) is 0 Å². The van der Waals surface area contributed by atoms with Crippen LogP contribution in [0.1, 0.15) is 52.4 Å². The van der Waals surface area contributed by atoms with Crippen LogP contribution in [0.3, 0.4) is 0 Å². The highest BCUT2D eigenvalue weighted by Crippen LogP contribution is 2.30. The van der Waals surface area contributed by atoms with E-state index in [4.69, 9.17) is 0 Å². The molecule has 1 saturated carbocycles. The van der Waals surface area contributed by atoms with Gasteiger partial charge in [-0.2, -0.15) is 0 Å². The lowest BCUT2D eigenvalue weighted by Gasteiger charge is -2.26. The average Bonchev–Trinajstić information content (AvgIpc) is 2.52. The Morgan fingerprint density at radius 2 is 1.96 bits per heavy atom. The molecule has 0 aromatic rings. The Balaban J connectivity index is 2.18. The van der Waals surface area contributed by atoms with Crippen LogP contribution < -0.4 is 10.6 Å². The number of hydrogen-bond acceptors (Lipinski definition) is 3. The van der Waals surface area contributed by atoms with Crippen LogP contribution in [0.4, 0.5) is 0 Å². The van der Waals surface area contributed by atoms with Gasteiger partial charge in [0.1, 0.15) is 0 Å². The maximum Gasteiger partial charge on any atom is 0.211 e. The number of nitrogens with zero attached hydrogens (tertiary/aromatic N) is 2. The largest absolute Gasteiger partial charge is 0.356 e. The second-order valence-corrected chi connectivity index (χ2v) is 8.94. The van der Waals surface area contributed by atoms with Crippen LogP contribution in [-0.4, -0.2) is 58.2 Å². The van der Waals surface area contributed by atoms with Crippen LogP contribution in [0.25, 0.3) is 0 Å². The SMILES string of the molecule is CCN(CCCNC(=NC)NCCC1CCCC(C)C1)S(C)(=O)=O. The van der Waals surface area contributed by atoms with E-state index in [0.717, 1.165) is 30.8 Å². The standard InChI is InChI=1S/C17H36N4O2S/c1-5-21(24(4,22)23)13-7-11-19-17(18-3)20-12-10-16-9-6-8-15(2)14-16/h15-16H,5-14H2,1-4H3,(H2,18,19,20). The molecular formula is C17H36N4O2S. The van der Waals surface area contributed by atoms with Crippen LogP contribution in [0.2, 0.25) is 0 Å². The van der Waals surface area contributed by atoms with E-state index in [1.807, 2.05) is 6.92 Å². The zero-order valence-electron chi connectivity index (χ0n) is 15.8. The number of nitrogens with one attached hydrogen (secondary N) is 2. The Kier molecular flexibility index (Phi) is 9.66. The molecule has 24 heavy (non-hydrogen) atoms. The molecule has 1 rings (SSSR count). The Labute approximate surface area is 148 Å². The molecule has 1 aliphatic rings. The van der Waals surface area contributed by atoms with E-state index >= 15 is 0 Å². The Morgan fingerprint density at radius 1 is 1.25 bits per heavy atom. The molecular weight excluding hydrogens is 324 g/mol. The first kappa shape index (κ1) is 21.2. The van der Waals surface area contributed by atoms with E-state index in [-0.39, 0.29) is 0 Å². The van der Waals surface area contributed by atoms with Gasteiger partial charge >= 0.3 is 0 Å². The van der Waals surface area contributed by atoms with Crippen LogP contribution in [-0.2, 0) is 10.0 Å². The highest BCUT2D eigenvalue weighted by molar-refractivity contribution is 7.88. The van der Waals surface area contributed by atoms with Gasteiger partial charge in [-0.15, -0.1) is 0 Å². The predicted molar refractivity (Wildman–Crippen MR) is 102 cm³/mol. The van der Waals surface area contributed by atoms with E-state index < -0.39 is 10.0 Å². The summed E-state index contributed by atoms with van der Waals surface area (Å²) in [6, 6.07) is 0. The molecule has 6 nitrogen and oxygen atoms in total. The van der Waals surface area contributed by atoms with Gasteiger partial charge in [0, 0.05) is 33.2 Å². The summed E-state index contributed by atoms with van der Waals surface area (Å²) in [6.45, 7) is 6.94. The third kappa shape index (κ3) is 8.33. The molecule has 2 unspecified atom stereocenters. The normalized spacial score (nSPS) is 22.6.